The monoisotopic (exact) mass is 358 g/mol. The second-order valence-electron chi connectivity index (χ2n) is 5.85. The first kappa shape index (κ1) is 17.4. The molecule has 3 rings (SSSR count). The van der Waals surface area contributed by atoms with Crippen molar-refractivity contribution in [3.63, 3.8) is 0 Å². The number of aromatic nitrogens is 3. The summed E-state index contributed by atoms with van der Waals surface area (Å²) in [4.78, 5) is 39.3. The molecule has 136 valence electrons. The molecule has 0 atom stereocenters. The van der Waals surface area contributed by atoms with Gasteiger partial charge >= 0.3 is 6.09 Å². The highest BCUT2D eigenvalue weighted by Gasteiger charge is 2.36. The Labute approximate surface area is 148 Å². The van der Waals surface area contributed by atoms with Gasteiger partial charge < -0.3 is 20.7 Å². The van der Waals surface area contributed by atoms with Crippen LogP contribution in [-0.4, -0.2) is 45.2 Å². The van der Waals surface area contributed by atoms with Crippen molar-refractivity contribution >= 4 is 17.9 Å². The van der Waals surface area contributed by atoms with E-state index in [0.717, 1.165) is 5.56 Å². The number of carbonyl (C=O) groups excluding carboxylic acids is 2. The number of aromatic amines is 1. The normalized spacial score (nSPS) is 13.8. The first-order valence-electron chi connectivity index (χ1n) is 7.97. The SMILES string of the molecule is Nc1nnc(CNC(=O)C2CN(C(=O)OCc3ccccc3)C2)c(=O)[nH]1. The van der Waals surface area contributed by atoms with Crippen molar-refractivity contribution < 1.29 is 14.3 Å². The van der Waals surface area contributed by atoms with Gasteiger partial charge in [0, 0.05) is 13.1 Å². The first-order chi connectivity index (χ1) is 12.5. The van der Waals surface area contributed by atoms with Crippen molar-refractivity contribution in [2.24, 2.45) is 5.92 Å². The molecule has 0 saturated carbocycles. The molecule has 2 aromatic rings. The highest BCUT2D eigenvalue weighted by atomic mass is 16.6. The van der Waals surface area contributed by atoms with Crippen LogP contribution in [0.3, 0.4) is 0 Å². The number of likely N-dealkylation sites (tertiary alicyclic amines) is 1. The molecule has 1 aromatic carbocycles. The maximum atomic E-state index is 12.0. The van der Waals surface area contributed by atoms with Crippen LogP contribution < -0.4 is 16.6 Å². The van der Waals surface area contributed by atoms with Gasteiger partial charge in [-0.3, -0.25) is 14.6 Å². The fraction of sp³-hybridized carbons (Fsp3) is 0.312. The standard InChI is InChI=1S/C16H18N6O4/c17-15-19-14(24)12(20-21-15)6-18-13(23)11-7-22(8-11)16(25)26-9-10-4-2-1-3-5-10/h1-5,11H,6-9H2,(H,18,23)(H3,17,19,21,24). The topological polar surface area (TPSA) is 143 Å². The van der Waals surface area contributed by atoms with Crippen LogP contribution in [0.5, 0.6) is 0 Å². The summed E-state index contributed by atoms with van der Waals surface area (Å²) in [6, 6.07) is 9.34. The Morgan fingerprint density at radius 2 is 2.00 bits per heavy atom. The van der Waals surface area contributed by atoms with Crippen molar-refractivity contribution in [1.29, 1.82) is 0 Å². The third-order valence-electron chi connectivity index (χ3n) is 3.93. The van der Waals surface area contributed by atoms with Crippen molar-refractivity contribution in [1.82, 2.24) is 25.4 Å². The lowest BCUT2D eigenvalue weighted by Gasteiger charge is -2.37. The molecule has 0 radical (unpaired) electrons. The molecule has 2 heterocycles. The maximum absolute atomic E-state index is 12.0. The molecule has 10 nitrogen and oxygen atoms in total. The van der Waals surface area contributed by atoms with Gasteiger partial charge in [0.15, 0.2) is 0 Å². The van der Waals surface area contributed by atoms with E-state index in [4.69, 9.17) is 10.5 Å². The minimum absolute atomic E-state index is 0.0591. The molecule has 1 aliphatic heterocycles. The lowest BCUT2D eigenvalue weighted by Crippen LogP contribution is -2.55. The highest BCUT2D eigenvalue weighted by Crippen LogP contribution is 2.17. The van der Waals surface area contributed by atoms with Crippen LogP contribution in [0.25, 0.3) is 0 Å². The predicted octanol–water partition coefficient (Wildman–Crippen LogP) is -0.368. The van der Waals surface area contributed by atoms with Gasteiger partial charge in [0.05, 0.1) is 12.5 Å². The quantitative estimate of drug-likeness (QED) is 0.661. The van der Waals surface area contributed by atoms with Crippen LogP contribution in [0.4, 0.5) is 10.7 Å². The molecule has 1 fully saturated rings. The van der Waals surface area contributed by atoms with Gasteiger partial charge in [-0.2, -0.15) is 0 Å². The van der Waals surface area contributed by atoms with Gasteiger partial charge in [-0.05, 0) is 5.56 Å². The number of hydrogen-bond donors (Lipinski definition) is 3. The molecule has 1 saturated heterocycles. The van der Waals surface area contributed by atoms with Crippen LogP contribution in [0.15, 0.2) is 35.1 Å². The first-order valence-corrected chi connectivity index (χ1v) is 7.97. The number of ether oxygens (including phenoxy) is 1. The van der Waals surface area contributed by atoms with E-state index in [1.165, 1.54) is 4.90 Å². The van der Waals surface area contributed by atoms with Crippen LogP contribution in [0.1, 0.15) is 11.3 Å². The van der Waals surface area contributed by atoms with Gasteiger partial charge in [0.2, 0.25) is 11.9 Å². The number of carbonyl (C=O) groups is 2. The zero-order valence-corrected chi connectivity index (χ0v) is 13.8. The van der Waals surface area contributed by atoms with E-state index >= 15 is 0 Å². The van der Waals surface area contributed by atoms with Gasteiger partial charge in [-0.15, -0.1) is 10.2 Å². The second-order valence-corrected chi connectivity index (χ2v) is 5.85. The number of nitrogens with zero attached hydrogens (tertiary/aromatic N) is 3. The van der Waals surface area contributed by atoms with Crippen molar-refractivity contribution in [3.05, 3.63) is 51.9 Å². The molecule has 0 spiro atoms. The van der Waals surface area contributed by atoms with Crippen LogP contribution in [-0.2, 0) is 22.7 Å². The summed E-state index contributed by atoms with van der Waals surface area (Å²) in [5, 5.41) is 9.76. The lowest BCUT2D eigenvalue weighted by molar-refractivity contribution is -0.129. The molecule has 1 aromatic heterocycles. The Kier molecular flexibility index (Phi) is 5.11. The number of nitrogen functional groups attached to an aromatic ring is 1. The van der Waals surface area contributed by atoms with E-state index in [9.17, 15) is 14.4 Å². The molecular formula is C16H18N6O4. The lowest BCUT2D eigenvalue weighted by atomic mass is 10.00. The van der Waals surface area contributed by atoms with E-state index in [-0.39, 0.29) is 49.7 Å². The molecule has 2 amide bonds. The van der Waals surface area contributed by atoms with Gasteiger partial charge in [0.1, 0.15) is 12.3 Å². The number of anilines is 1. The molecule has 26 heavy (non-hydrogen) atoms. The van der Waals surface area contributed by atoms with Crippen LogP contribution in [0.2, 0.25) is 0 Å². The number of benzene rings is 1. The summed E-state index contributed by atoms with van der Waals surface area (Å²) in [6.45, 7) is 0.661. The summed E-state index contributed by atoms with van der Waals surface area (Å²) >= 11 is 0. The van der Waals surface area contributed by atoms with Crippen molar-refractivity contribution in [3.8, 4) is 0 Å². The van der Waals surface area contributed by atoms with E-state index in [1.807, 2.05) is 30.3 Å². The third kappa shape index (κ3) is 4.15. The van der Waals surface area contributed by atoms with Gasteiger partial charge in [0.25, 0.3) is 5.56 Å². The molecular weight excluding hydrogens is 340 g/mol. The van der Waals surface area contributed by atoms with Gasteiger partial charge in [-0.25, -0.2) is 4.79 Å². The van der Waals surface area contributed by atoms with E-state index in [2.05, 4.69) is 20.5 Å². The van der Waals surface area contributed by atoms with Crippen molar-refractivity contribution in [2.75, 3.05) is 18.8 Å². The molecule has 10 heteroatoms. The fourth-order valence-electron chi connectivity index (χ4n) is 2.41. The van der Waals surface area contributed by atoms with E-state index in [0.29, 0.717) is 0 Å². The Balaban J connectivity index is 1.40. The number of H-pyrrole nitrogens is 1. The Morgan fingerprint density at radius 1 is 1.27 bits per heavy atom. The average Bonchev–Trinajstić information content (AvgIpc) is 2.59. The number of nitrogens with two attached hydrogens (primary N) is 1. The number of rotatable bonds is 5. The largest absolute Gasteiger partial charge is 0.445 e. The summed E-state index contributed by atoms with van der Waals surface area (Å²) in [7, 11) is 0. The summed E-state index contributed by atoms with van der Waals surface area (Å²) in [5.41, 5.74) is 5.75. The number of hydrogen-bond acceptors (Lipinski definition) is 7. The van der Waals surface area contributed by atoms with Crippen LogP contribution >= 0.6 is 0 Å². The zero-order valence-electron chi connectivity index (χ0n) is 13.8. The summed E-state index contributed by atoms with van der Waals surface area (Å²) < 4.78 is 5.20. The number of nitrogens with one attached hydrogen (secondary N) is 2. The molecule has 0 unspecified atom stereocenters. The Morgan fingerprint density at radius 3 is 2.69 bits per heavy atom. The van der Waals surface area contributed by atoms with Crippen molar-refractivity contribution in [2.45, 2.75) is 13.2 Å². The highest BCUT2D eigenvalue weighted by molar-refractivity contribution is 5.82. The smallest absolute Gasteiger partial charge is 0.410 e. The van der Waals surface area contributed by atoms with Gasteiger partial charge in [-0.1, -0.05) is 30.3 Å². The zero-order chi connectivity index (χ0) is 18.5. The molecule has 0 bridgehead atoms. The Hall–Kier alpha value is -3.43. The second kappa shape index (κ2) is 7.64. The summed E-state index contributed by atoms with van der Waals surface area (Å²) in [5.74, 6) is -0.705. The Bertz CT molecular complexity index is 847. The number of amides is 2. The predicted molar refractivity (Wildman–Crippen MR) is 90.6 cm³/mol. The van der Waals surface area contributed by atoms with Crippen LogP contribution in [0, 0.1) is 5.92 Å². The molecule has 0 aliphatic carbocycles. The average molecular weight is 358 g/mol. The minimum atomic E-state index is -0.502. The third-order valence-corrected chi connectivity index (χ3v) is 3.93. The summed E-state index contributed by atoms with van der Waals surface area (Å²) in [6.07, 6.45) is -0.459. The molecule has 1 aliphatic rings. The van der Waals surface area contributed by atoms with E-state index in [1.54, 1.807) is 0 Å². The maximum Gasteiger partial charge on any atom is 0.410 e. The minimum Gasteiger partial charge on any atom is -0.445 e. The fourth-order valence-corrected chi connectivity index (χ4v) is 2.41. The molecule has 4 N–H and O–H groups in total. The van der Waals surface area contributed by atoms with E-state index < -0.39 is 11.7 Å².